The molecule has 24 heavy (non-hydrogen) atoms. The van der Waals surface area contributed by atoms with Crippen LogP contribution in [0.25, 0.3) is 6.08 Å². The Kier molecular flexibility index (Phi) is 5.01. The standard InChI is InChI=1S/C18H15ClFNO3/c19-13-10-12(11-16-18(13)24-9-3-8-23-16)6-7-17(22)21-15-5-2-1-4-14(15)20/h1-2,4-7,10-11H,3,8-9H2,(H,21,22)/b7-6+. The highest BCUT2D eigenvalue weighted by molar-refractivity contribution is 6.32. The molecule has 0 radical (unpaired) electrons. The molecular weight excluding hydrogens is 333 g/mol. The van der Waals surface area contributed by atoms with Gasteiger partial charge in [0.2, 0.25) is 5.91 Å². The van der Waals surface area contributed by atoms with Gasteiger partial charge in [-0.3, -0.25) is 4.79 Å². The van der Waals surface area contributed by atoms with E-state index in [1.807, 2.05) is 0 Å². The van der Waals surface area contributed by atoms with Gasteiger partial charge in [0.05, 0.1) is 23.9 Å². The molecule has 2 aromatic rings. The number of hydrogen-bond acceptors (Lipinski definition) is 3. The van der Waals surface area contributed by atoms with Crippen LogP contribution in [-0.2, 0) is 4.79 Å². The molecule has 1 amide bonds. The van der Waals surface area contributed by atoms with E-state index in [-0.39, 0.29) is 5.69 Å². The number of rotatable bonds is 3. The van der Waals surface area contributed by atoms with Gasteiger partial charge in [0.15, 0.2) is 11.5 Å². The second-order valence-electron chi connectivity index (χ2n) is 5.18. The van der Waals surface area contributed by atoms with Crippen molar-refractivity contribution < 1.29 is 18.7 Å². The lowest BCUT2D eigenvalue weighted by atomic mass is 10.2. The molecule has 0 aliphatic carbocycles. The number of benzene rings is 2. The number of halogens is 2. The van der Waals surface area contributed by atoms with E-state index in [0.29, 0.717) is 35.3 Å². The van der Waals surface area contributed by atoms with E-state index in [2.05, 4.69) is 5.32 Å². The molecule has 1 aliphatic rings. The Balaban J connectivity index is 1.74. The summed E-state index contributed by atoms with van der Waals surface area (Å²) < 4.78 is 24.7. The van der Waals surface area contributed by atoms with Crippen LogP contribution in [0.15, 0.2) is 42.5 Å². The van der Waals surface area contributed by atoms with Gasteiger partial charge in [-0.15, -0.1) is 0 Å². The summed E-state index contributed by atoms with van der Waals surface area (Å²) in [6.07, 6.45) is 3.67. The number of amides is 1. The third kappa shape index (κ3) is 3.86. The molecule has 2 aromatic carbocycles. The highest BCUT2D eigenvalue weighted by atomic mass is 35.5. The fourth-order valence-corrected chi connectivity index (χ4v) is 2.53. The lowest BCUT2D eigenvalue weighted by Crippen LogP contribution is -2.09. The molecule has 0 atom stereocenters. The molecule has 6 heteroatoms. The predicted molar refractivity (Wildman–Crippen MR) is 91.1 cm³/mol. The average Bonchev–Trinajstić information content (AvgIpc) is 2.81. The molecule has 0 saturated carbocycles. The molecule has 0 spiro atoms. The van der Waals surface area contributed by atoms with Crippen LogP contribution in [0.2, 0.25) is 5.02 Å². The largest absolute Gasteiger partial charge is 0.489 e. The minimum absolute atomic E-state index is 0.129. The quantitative estimate of drug-likeness (QED) is 0.842. The number of anilines is 1. The zero-order valence-corrected chi connectivity index (χ0v) is 13.5. The van der Waals surface area contributed by atoms with Gasteiger partial charge in [0.25, 0.3) is 0 Å². The van der Waals surface area contributed by atoms with Crippen molar-refractivity contribution in [3.05, 3.63) is 58.9 Å². The van der Waals surface area contributed by atoms with Crippen molar-refractivity contribution in [2.24, 2.45) is 0 Å². The van der Waals surface area contributed by atoms with Gasteiger partial charge in [-0.25, -0.2) is 4.39 Å². The summed E-state index contributed by atoms with van der Waals surface area (Å²) in [6, 6.07) is 9.41. The van der Waals surface area contributed by atoms with Crippen LogP contribution < -0.4 is 14.8 Å². The van der Waals surface area contributed by atoms with Gasteiger partial charge >= 0.3 is 0 Å². The van der Waals surface area contributed by atoms with Gasteiger partial charge in [-0.2, -0.15) is 0 Å². The van der Waals surface area contributed by atoms with Crippen molar-refractivity contribution >= 4 is 29.3 Å². The third-order valence-corrected chi connectivity index (χ3v) is 3.66. The summed E-state index contributed by atoms with van der Waals surface area (Å²) in [4.78, 5) is 11.9. The van der Waals surface area contributed by atoms with Crippen LogP contribution in [0.4, 0.5) is 10.1 Å². The maximum atomic E-state index is 13.5. The molecule has 0 unspecified atom stereocenters. The molecule has 1 heterocycles. The molecule has 1 aliphatic heterocycles. The summed E-state index contributed by atoms with van der Waals surface area (Å²) in [5.74, 6) is 0.137. The van der Waals surface area contributed by atoms with Gasteiger partial charge in [-0.1, -0.05) is 23.7 Å². The first kappa shape index (κ1) is 16.3. The zero-order valence-electron chi connectivity index (χ0n) is 12.7. The van der Waals surface area contributed by atoms with Gasteiger partial charge in [-0.05, 0) is 35.9 Å². The molecule has 0 bridgehead atoms. The number of carbonyl (C=O) groups is 1. The van der Waals surface area contributed by atoms with Crippen molar-refractivity contribution in [3.8, 4) is 11.5 Å². The van der Waals surface area contributed by atoms with Crippen molar-refractivity contribution in [1.29, 1.82) is 0 Å². The van der Waals surface area contributed by atoms with E-state index in [1.54, 1.807) is 30.3 Å². The van der Waals surface area contributed by atoms with Crippen molar-refractivity contribution in [2.75, 3.05) is 18.5 Å². The topological polar surface area (TPSA) is 47.6 Å². The predicted octanol–water partition coefficient (Wildman–Crippen LogP) is 4.29. The van der Waals surface area contributed by atoms with Crippen molar-refractivity contribution in [2.45, 2.75) is 6.42 Å². The first-order valence-corrected chi connectivity index (χ1v) is 7.84. The van der Waals surface area contributed by atoms with E-state index in [4.69, 9.17) is 21.1 Å². The van der Waals surface area contributed by atoms with Gasteiger partial charge in [0, 0.05) is 12.5 Å². The smallest absolute Gasteiger partial charge is 0.248 e. The molecule has 3 rings (SSSR count). The molecular formula is C18H15ClFNO3. The van der Waals surface area contributed by atoms with Crippen LogP contribution >= 0.6 is 11.6 Å². The highest BCUT2D eigenvalue weighted by Gasteiger charge is 2.15. The van der Waals surface area contributed by atoms with Crippen LogP contribution in [-0.4, -0.2) is 19.1 Å². The van der Waals surface area contributed by atoms with Gasteiger partial charge in [0.1, 0.15) is 5.82 Å². The minimum Gasteiger partial charge on any atom is -0.489 e. The third-order valence-electron chi connectivity index (χ3n) is 3.38. The Morgan fingerprint density at radius 1 is 1.21 bits per heavy atom. The monoisotopic (exact) mass is 347 g/mol. The van der Waals surface area contributed by atoms with E-state index in [1.165, 1.54) is 18.2 Å². The first-order chi connectivity index (χ1) is 11.6. The molecule has 4 nitrogen and oxygen atoms in total. The Labute approximate surface area is 143 Å². The second-order valence-corrected chi connectivity index (χ2v) is 5.59. The maximum absolute atomic E-state index is 13.5. The molecule has 124 valence electrons. The summed E-state index contributed by atoms with van der Waals surface area (Å²) in [5.41, 5.74) is 0.816. The van der Waals surface area contributed by atoms with Crippen molar-refractivity contribution in [3.63, 3.8) is 0 Å². The number of hydrogen-bond donors (Lipinski definition) is 1. The SMILES string of the molecule is O=C(/C=C/c1cc(Cl)c2c(c1)OCCCO2)Nc1ccccc1F. The summed E-state index contributed by atoms with van der Waals surface area (Å²) in [6.45, 7) is 1.09. The Hall–Kier alpha value is -2.53. The zero-order chi connectivity index (χ0) is 16.9. The van der Waals surface area contributed by atoms with Crippen LogP contribution in [0.5, 0.6) is 11.5 Å². The summed E-state index contributed by atoms with van der Waals surface area (Å²) in [7, 11) is 0. The lowest BCUT2D eigenvalue weighted by Gasteiger charge is -2.10. The average molecular weight is 348 g/mol. The molecule has 1 N–H and O–H groups in total. The molecule has 0 aromatic heterocycles. The van der Waals surface area contributed by atoms with E-state index in [0.717, 1.165) is 6.42 Å². The van der Waals surface area contributed by atoms with Crippen molar-refractivity contribution in [1.82, 2.24) is 0 Å². The number of carbonyl (C=O) groups excluding carboxylic acids is 1. The van der Waals surface area contributed by atoms with Gasteiger partial charge < -0.3 is 14.8 Å². The Bertz CT molecular complexity index is 792. The number of ether oxygens (including phenoxy) is 2. The Morgan fingerprint density at radius 3 is 2.83 bits per heavy atom. The first-order valence-electron chi connectivity index (χ1n) is 7.46. The normalized spacial score (nSPS) is 13.6. The van der Waals surface area contributed by atoms with Crippen LogP contribution in [0, 0.1) is 5.82 Å². The second kappa shape index (κ2) is 7.36. The van der Waals surface area contributed by atoms with Crippen LogP contribution in [0.1, 0.15) is 12.0 Å². The number of fused-ring (bicyclic) bond motifs is 1. The summed E-state index contributed by atoms with van der Waals surface area (Å²) in [5, 5.41) is 2.90. The number of nitrogens with one attached hydrogen (secondary N) is 1. The fraction of sp³-hybridized carbons (Fsp3) is 0.167. The number of para-hydroxylation sites is 1. The summed E-state index contributed by atoms with van der Waals surface area (Å²) >= 11 is 6.20. The van der Waals surface area contributed by atoms with Crippen LogP contribution in [0.3, 0.4) is 0 Å². The lowest BCUT2D eigenvalue weighted by molar-refractivity contribution is -0.111. The molecule has 0 saturated heterocycles. The fourth-order valence-electron chi connectivity index (χ4n) is 2.26. The Morgan fingerprint density at radius 2 is 2.00 bits per heavy atom. The molecule has 0 fully saturated rings. The van der Waals surface area contributed by atoms with E-state index < -0.39 is 11.7 Å². The highest BCUT2D eigenvalue weighted by Crippen LogP contribution is 2.38. The maximum Gasteiger partial charge on any atom is 0.248 e. The van der Waals surface area contributed by atoms with E-state index in [9.17, 15) is 9.18 Å². The minimum atomic E-state index is -0.488. The van der Waals surface area contributed by atoms with E-state index >= 15 is 0 Å².